The third-order valence-electron chi connectivity index (χ3n) is 4.98. The zero-order valence-electron chi connectivity index (χ0n) is 17.1. The second-order valence-electron chi connectivity index (χ2n) is 7.20. The first-order valence-electron chi connectivity index (χ1n) is 9.98. The highest BCUT2D eigenvalue weighted by Gasteiger charge is 2.22. The lowest BCUT2D eigenvalue weighted by atomic mass is 10.2. The predicted molar refractivity (Wildman–Crippen MR) is 116 cm³/mol. The smallest absolute Gasteiger partial charge is 0.255 e. The molecule has 1 atom stereocenters. The van der Waals surface area contributed by atoms with E-state index in [0.717, 1.165) is 12.2 Å². The summed E-state index contributed by atoms with van der Waals surface area (Å²) in [5.41, 5.74) is 2.47. The zero-order valence-corrected chi connectivity index (χ0v) is 17.1. The van der Waals surface area contributed by atoms with Gasteiger partial charge in [-0.1, -0.05) is 6.07 Å². The number of aromatic nitrogens is 3. The molecule has 0 unspecified atom stereocenters. The minimum absolute atomic E-state index is 0.194. The van der Waals surface area contributed by atoms with Crippen molar-refractivity contribution in [3.8, 4) is 0 Å². The lowest BCUT2D eigenvalue weighted by molar-refractivity contribution is 0.0989. The number of anilines is 4. The number of halogens is 1. The number of pyridine rings is 3. The first kappa shape index (κ1) is 20.7. The van der Waals surface area contributed by atoms with Gasteiger partial charge < -0.3 is 20.3 Å². The molecule has 1 saturated heterocycles. The quantitative estimate of drug-likeness (QED) is 0.627. The summed E-state index contributed by atoms with van der Waals surface area (Å²) in [7, 11) is 0. The van der Waals surface area contributed by atoms with Crippen LogP contribution in [0.3, 0.4) is 0 Å². The Labute approximate surface area is 179 Å². The molecule has 3 aromatic heterocycles. The van der Waals surface area contributed by atoms with Crippen LogP contribution in [0, 0.1) is 0 Å². The van der Waals surface area contributed by atoms with E-state index in [1.54, 1.807) is 42.9 Å². The Morgan fingerprint density at radius 1 is 1.19 bits per heavy atom. The molecule has 160 valence electrons. The molecule has 0 bridgehead atoms. The summed E-state index contributed by atoms with van der Waals surface area (Å²) in [4.78, 5) is 27.7. The van der Waals surface area contributed by atoms with Gasteiger partial charge in [-0.2, -0.15) is 0 Å². The highest BCUT2D eigenvalue weighted by molar-refractivity contribution is 6.06. The molecule has 9 heteroatoms. The van der Waals surface area contributed by atoms with Gasteiger partial charge in [0.15, 0.2) is 0 Å². The Morgan fingerprint density at radius 3 is 2.87 bits per heavy atom. The second-order valence-corrected chi connectivity index (χ2v) is 7.20. The first-order valence-corrected chi connectivity index (χ1v) is 9.98. The minimum Gasteiger partial charge on any atom is -0.377 e. The van der Waals surface area contributed by atoms with Crippen LogP contribution in [0.25, 0.3) is 0 Å². The van der Waals surface area contributed by atoms with Crippen molar-refractivity contribution in [2.45, 2.75) is 19.6 Å². The molecule has 31 heavy (non-hydrogen) atoms. The maximum absolute atomic E-state index is 12.9. The number of morpholine rings is 1. The van der Waals surface area contributed by atoms with Crippen LogP contribution in [0.15, 0.2) is 55.1 Å². The number of carbonyl (C=O) groups is 1. The summed E-state index contributed by atoms with van der Waals surface area (Å²) >= 11 is 0. The van der Waals surface area contributed by atoms with Gasteiger partial charge in [-0.05, 0) is 31.2 Å². The third-order valence-corrected chi connectivity index (χ3v) is 4.98. The number of nitrogens with zero attached hydrogens (tertiary/aromatic N) is 4. The molecular weight excluding hydrogens is 399 g/mol. The Balaban J connectivity index is 1.50. The van der Waals surface area contributed by atoms with Crippen molar-refractivity contribution in [3.63, 3.8) is 0 Å². The Hall–Kier alpha value is -3.59. The lowest BCUT2D eigenvalue weighted by Gasteiger charge is -2.36. The second kappa shape index (κ2) is 9.48. The van der Waals surface area contributed by atoms with E-state index in [-0.39, 0.29) is 11.9 Å². The van der Waals surface area contributed by atoms with Crippen molar-refractivity contribution in [3.05, 3.63) is 66.2 Å². The molecular formula is C22H23FN6O2. The van der Waals surface area contributed by atoms with Crippen LogP contribution in [-0.2, 0) is 11.4 Å². The van der Waals surface area contributed by atoms with Crippen LogP contribution < -0.4 is 15.5 Å². The summed E-state index contributed by atoms with van der Waals surface area (Å²) in [6.45, 7) is 3.53. The maximum atomic E-state index is 12.9. The van der Waals surface area contributed by atoms with E-state index >= 15 is 0 Å². The van der Waals surface area contributed by atoms with Crippen LogP contribution in [0.2, 0.25) is 0 Å². The van der Waals surface area contributed by atoms with Crippen LogP contribution in [0.5, 0.6) is 0 Å². The summed E-state index contributed by atoms with van der Waals surface area (Å²) in [5.74, 6) is 0.695. The van der Waals surface area contributed by atoms with Crippen molar-refractivity contribution in [2.24, 2.45) is 0 Å². The Bertz CT molecular complexity index is 1050. The molecule has 0 aromatic carbocycles. The molecule has 4 rings (SSSR count). The average molecular weight is 422 g/mol. The highest BCUT2D eigenvalue weighted by Crippen LogP contribution is 2.28. The molecule has 1 fully saturated rings. The van der Waals surface area contributed by atoms with Gasteiger partial charge in [0.2, 0.25) is 0 Å². The number of amides is 1. The number of rotatable bonds is 6. The van der Waals surface area contributed by atoms with E-state index in [1.807, 2.05) is 6.07 Å². The van der Waals surface area contributed by atoms with E-state index < -0.39 is 6.67 Å². The molecule has 0 aliphatic carbocycles. The van der Waals surface area contributed by atoms with Gasteiger partial charge in [-0.15, -0.1) is 0 Å². The molecule has 0 spiro atoms. The number of hydrogen-bond donors (Lipinski definition) is 2. The number of ether oxygens (including phenoxy) is 1. The summed E-state index contributed by atoms with van der Waals surface area (Å²) in [5, 5.41) is 5.98. The van der Waals surface area contributed by atoms with E-state index in [1.165, 1.54) is 6.20 Å². The van der Waals surface area contributed by atoms with Gasteiger partial charge in [0.05, 0.1) is 30.8 Å². The van der Waals surface area contributed by atoms with Crippen LogP contribution in [0.1, 0.15) is 22.8 Å². The first-order chi connectivity index (χ1) is 15.1. The number of hydrogen-bond acceptors (Lipinski definition) is 7. The van der Waals surface area contributed by atoms with Gasteiger partial charge in [0.25, 0.3) is 5.91 Å². The Morgan fingerprint density at radius 2 is 2.10 bits per heavy atom. The van der Waals surface area contributed by atoms with Gasteiger partial charge >= 0.3 is 0 Å². The molecule has 3 aromatic rings. The fraction of sp³-hybridized carbons (Fsp3) is 0.273. The van der Waals surface area contributed by atoms with E-state index in [4.69, 9.17) is 4.74 Å². The fourth-order valence-electron chi connectivity index (χ4n) is 3.36. The van der Waals surface area contributed by atoms with E-state index in [0.29, 0.717) is 41.7 Å². The van der Waals surface area contributed by atoms with Gasteiger partial charge in [0, 0.05) is 42.3 Å². The maximum Gasteiger partial charge on any atom is 0.255 e. The SMILES string of the molecule is C[C@H]1COCCN1c1ccncc1NC(=O)c1ccnc(Nc2ccc(CF)cn2)c1. The summed E-state index contributed by atoms with van der Waals surface area (Å²) in [6.07, 6.45) is 6.35. The monoisotopic (exact) mass is 422 g/mol. The average Bonchev–Trinajstić information content (AvgIpc) is 2.81. The van der Waals surface area contributed by atoms with Crippen molar-refractivity contribution in [1.82, 2.24) is 15.0 Å². The van der Waals surface area contributed by atoms with Crippen LogP contribution in [-0.4, -0.2) is 46.7 Å². The summed E-state index contributed by atoms with van der Waals surface area (Å²) < 4.78 is 18.2. The number of alkyl halides is 1. The van der Waals surface area contributed by atoms with Crippen LogP contribution >= 0.6 is 0 Å². The van der Waals surface area contributed by atoms with Crippen molar-refractivity contribution in [1.29, 1.82) is 0 Å². The molecule has 0 saturated carbocycles. The van der Waals surface area contributed by atoms with E-state index in [9.17, 15) is 9.18 Å². The Kier molecular flexibility index (Phi) is 6.32. The lowest BCUT2D eigenvalue weighted by Crippen LogP contribution is -2.44. The molecule has 8 nitrogen and oxygen atoms in total. The van der Waals surface area contributed by atoms with Crippen LogP contribution in [0.4, 0.5) is 27.4 Å². The topological polar surface area (TPSA) is 92.3 Å². The van der Waals surface area contributed by atoms with Gasteiger partial charge in [-0.25, -0.2) is 14.4 Å². The highest BCUT2D eigenvalue weighted by atomic mass is 19.1. The molecule has 1 aliphatic rings. The molecule has 1 aliphatic heterocycles. The zero-order chi connectivity index (χ0) is 21.6. The third kappa shape index (κ3) is 4.95. The molecule has 0 radical (unpaired) electrons. The van der Waals surface area contributed by atoms with Crippen molar-refractivity contribution >= 4 is 28.9 Å². The molecule has 1 amide bonds. The summed E-state index contributed by atoms with van der Waals surface area (Å²) in [6, 6.07) is 8.65. The standard InChI is InChI=1S/C22H23FN6O2/c1-15-14-31-9-8-29(15)19-5-6-24-13-18(19)27-22(30)17-4-7-25-21(10-17)28-20-3-2-16(11-23)12-26-20/h2-7,10,12-13,15H,8-9,11,14H2,1H3,(H,27,30)(H,25,26,28)/t15-/m0/s1. The minimum atomic E-state index is -0.569. The molecule has 2 N–H and O–H groups in total. The number of carbonyl (C=O) groups excluding carboxylic acids is 1. The largest absolute Gasteiger partial charge is 0.377 e. The fourth-order valence-corrected chi connectivity index (χ4v) is 3.36. The van der Waals surface area contributed by atoms with Crippen molar-refractivity contribution in [2.75, 3.05) is 35.3 Å². The number of nitrogens with one attached hydrogen (secondary N) is 2. The van der Waals surface area contributed by atoms with Gasteiger partial charge in [-0.3, -0.25) is 9.78 Å². The van der Waals surface area contributed by atoms with Gasteiger partial charge in [0.1, 0.15) is 18.3 Å². The van der Waals surface area contributed by atoms with Crippen molar-refractivity contribution < 1.29 is 13.9 Å². The molecule has 4 heterocycles. The normalized spacial score (nSPS) is 16.1. The predicted octanol–water partition coefficient (Wildman–Crippen LogP) is 3.56. The van der Waals surface area contributed by atoms with E-state index in [2.05, 4.69) is 37.4 Å².